The van der Waals surface area contributed by atoms with Gasteiger partial charge < -0.3 is 10.2 Å². The van der Waals surface area contributed by atoms with Crippen LogP contribution in [0.2, 0.25) is 0 Å². The average Bonchev–Trinajstić information content (AvgIpc) is 3.02. The van der Waals surface area contributed by atoms with Crippen LogP contribution in [-0.2, 0) is 17.8 Å². The summed E-state index contributed by atoms with van der Waals surface area (Å²) in [5.41, 5.74) is 3.02. The van der Waals surface area contributed by atoms with Gasteiger partial charge in [-0.2, -0.15) is 0 Å². The van der Waals surface area contributed by atoms with Crippen LogP contribution in [-0.4, -0.2) is 18.4 Å². The largest absolute Gasteiger partial charge is 0.348 e. The summed E-state index contributed by atoms with van der Waals surface area (Å²) < 4.78 is 13.6. The molecule has 130 valence electrons. The number of carbonyl (C=O) groups is 2. The molecule has 0 radical (unpaired) electrons. The molecule has 0 spiro atoms. The number of halogens is 1. The molecule has 1 heterocycles. The fraction of sp³-hybridized carbons (Fsp3) is 0.300. The maximum atomic E-state index is 13.6. The Morgan fingerprint density at radius 2 is 1.96 bits per heavy atom. The quantitative estimate of drug-likeness (QED) is 0.928. The van der Waals surface area contributed by atoms with E-state index in [0.717, 1.165) is 23.2 Å². The van der Waals surface area contributed by atoms with Crippen molar-refractivity contribution in [2.24, 2.45) is 5.92 Å². The third kappa shape index (κ3) is 3.55. The van der Waals surface area contributed by atoms with E-state index in [1.54, 1.807) is 12.1 Å². The normalized spacial score (nSPS) is 13.0. The van der Waals surface area contributed by atoms with E-state index in [-0.39, 0.29) is 17.4 Å². The zero-order valence-electron chi connectivity index (χ0n) is 14.4. The van der Waals surface area contributed by atoms with Gasteiger partial charge in [-0.3, -0.25) is 9.59 Å². The van der Waals surface area contributed by atoms with E-state index in [0.29, 0.717) is 13.1 Å². The number of hydrogen-bond acceptors (Lipinski definition) is 2. The highest BCUT2D eigenvalue weighted by Gasteiger charge is 2.26. The zero-order chi connectivity index (χ0) is 18.0. The fourth-order valence-corrected chi connectivity index (χ4v) is 3.03. The Kier molecular flexibility index (Phi) is 4.83. The van der Waals surface area contributed by atoms with E-state index in [9.17, 15) is 14.0 Å². The van der Waals surface area contributed by atoms with Crippen molar-refractivity contribution in [2.45, 2.75) is 26.8 Å². The second kappa shape index (κ2) is 7.05. The molecule has 1 aliphatic heterocycles. The topological polar surface area (TPSA) is 49.4 Å². The number of hydrogen-bond donors (Lipinski definition) is 1. The number of anilines is 1. The van der Waals surface area contributed by atoms with Crippen LogP contribution in [0.5, 0.6) is 0 Å². The van der Waals surface area contributed by atoms with Crippen molar-refractivity contribution in [3.8, 4) is 0 Å². The van der Waals surface area contributed by atoms with E-state index in [1.165, 1.54) is 12.1 Å². The predicted molar refractivity (Wildman–Crippen MR) is 94.9 cm³/mol. The molecule has 2 aromatic rings. The van der Waals surface area contributed by atoms with Gasteiger partial charge in [0.1, 0.15) is 5.82 Å². The molecule has 5 heteroatoms. The second-order valence-electron chi connectivity index (χ2n) is 6.52. The number of rotatable bonds is 4. The van der Waals surface area contributed by atoms with Crippen LogP contribution in [0.1, 0.15) is 35.3 Å². The van der Waals surface area contributed by atoms with Gasteiger partial charge in [-0.15, -0.1) is 0 Å². The first kappa shape index (κ1) is 17.1. The van der Waals surface area contributed by atoms with Gasteiger partial charge in [0.05, 0.1) is 5.56 Å². The second-order valence-corrected chi connectivity index (χ2v) is 6.52. The van der Waals surface area contributed by atoms with Crippen LogP contribution >= 0.6 is 0 Å². The SMILES string of the molecule is CC(C)C(=O)N1CCc2cc(CNC(=O)c3ccccc3F)ccc21. The molecule has 4 nitrogen and oxygen atoms in total. The molecule has 2 amide bonds. The van der Waals surface area contributed by atoms with Crippen LogP contribution in [0.15, 0.2) is 42.5 Å². The summed E-state index contributed by atoms with van der Waals surface area (Å²) in [7, 11) is 0. The smallest absolute Gasteiger partial charge is 0.254 e. The van der Waals surface area contributed by atoms with Crippen LogP contribution < -0.4 is 10.2 Å². The molecular formula is C20H21FN2O2. The van der Waals surface area contributed by atoms with Gasteiger partial charge in [-0.25, -0.2) is 4.39 Å². The Labute approximate surface area is 146 Å². The summed E-state index contributed by atoms with van der Waals surface area (Å²) in [4.78, 5) is 26.1. The standard InChI is InChI=1S/C20H21FN2O2/c1-13(2)20(25)23-10-9-15-11-14(7-8-18(15)23)12-22-19(24)16-5-3-4-6-17(16)21/h3-8,11,13H,9-10,12H2,1-2H3,(H,22,24). The lowest BCUT2D eigenvalue weighted by Crippen LogP contribution is -2.32. The predicted octanol–water partition coefficient (Wildman–Crippen LogP) is 3.30. The molecule has 0 saturated heterocycles. The number of nitrogens with zero attached hydrogens (tertiary/aromatic N) is 1. The maximum absolute atomic E-state index is 13.6. The number of nitrogens with one attached hydrogen (secondary N) is 1. The fourth-order valence-electron chi connectivity index (χ4n) is 3.03. The minimum absolute atomic E-state index is 0.0364. The van der Waals surface area contributed by atoms with E-state index < -0.39 is 11.7 Å². The Balaban J connectivity index is 1.69. The summed E-state index contributed by atoms with van der Waals surface area (Å²) >= 11 is 0. The van der Waals surface area contributed by atoms with Gasteiger partial charge in [0.2, 0.25) is 5.91 Å². The van der Waals surface area contributed by atoms with Crippen LogP contribution in [0.4, 0.5) is 10.1 Å². The van der Waals surface area contributed by atoms with Gasteiger partial charge in [-0.05, 0) is 35.7 Å². The molecule has 0 bridgehead atoms. The van der Waals surface area contributed by atoms with Crippen molar-refractivity contribution in [1.29, 1.82) is 0 Å². The monoisotopic (exact) mass is 340 g/mol. The van der Waals surface area contributed by atoms with Crippen molar-refractivity contribution in [3.05, 3.63) is 65.0 Å². The van der Waals surface area contributed by atoms with Gasteiger partial charge in [0.25, 0.3) is 5.91 Å². The molecule has 0 unspecified atom stereocenters. The van der Waals surface area contributed by atoms with Crippen LogP contribution in [0.3, 0.4) is 0 Å². The first-order valence-corrected chi connectivity index (χ1v) is 8.43. The third-order valence-corrected chi connectivity index (χ3v) is 4.37. The van der Waals surface area contributed by atoms with Gasteiger partial charge >= 0.3 is 0 Å². The highest BCUT2D eigenvalue weighted by molar-refractivity contribution is 5.96. The molecule has 0 saturated carbocycles. The molecule has 0 aliphatic carbocycles. The summed E-state index contributed by atoms with van der Waals surface area (Å²) in [6.07, 6.45) is 0.808. The van der Waals surface area contributed by atoms with E-state index in [1.807, 2.05) is 36.9 Å². The minimum atomic E-state index is -0.531. The summed E-state index contributed by atoms with van der Waals surface area (Å²) in [5, 5.41) is 2.74. The van der Waals surface area contributed by atoms with E-state index in [4.69, 9.17) is 0 Å². The first-order valence-electron chi connectivity index (χ1n) is 8.43. The summed E-state index contributed by atoms with van der Waals surface area (Å²) in [5.74, 6) is -0.878. The summed E-state index contributed by atoms with van der Waals surface area (Å²) in [6, 6.07) is 11.7. The lowest BCUT2D eigenvalue weighted by atomic mass is 10.1. The molecule has 0 atom stereocenters. The average molecular weight is 340 g/mol. The number of fused-ring (bicyclic) bond motifs is 1. The van der Waals surface area contributed by atoms with Gasteiger partial charge in [-0.1, -0.05) is 38.1 Å². The molecule has 1 N–H and O–H groups in total. The van der Waals surface area contributed by atoms with E-state index in [2.05, 4.69) is 5.32 Å². The Morgan fingerprint density at radius 3 is 2.68 bits per heavy atom. The Morgan fingerprint density at radius 1 is 1.20 bits per heavy atom. The van der Waals surface area contributed by atoms with Crippen molar-refractivity contribution in [2.75, 3.05) is 11.4 Å². The Hall–Kier alpha value is -2.69. The van der Waals surface area contributed by atoms with E-state index >= 15 is 0 Å². The first-order chi connectivity index (χ1) is 12.0. The lowest BCUT2D eigenvalue weighted by Gasteiger charge is -2.19. The van der Waals surface area contributed by atoms with Crippen LogP contribution in [0.25, 0.3) is 0 Å². The van der Waals surface area contributed by atoms with Crippen molar-refractivity contribution in [3.63, 3.8) is 0 Å². The number of amides is 2. The van der Waals surface area contributed by atoms with Gasteiger partial charge in [0.15, 0.2) is 0 Å². The highest BCUT2D eigenvalue weighted by Crippen LogP contribution is 2.30. The van der Waals surface area contributed by atoms with Crippen LogP contribution in [0, 0.1) is 11.7 Å². The minimum Gasteiger partial charge on any atom is -0.348 e. The molecule has 2 aromatic carbocycles. The Bertz CT molecular complexity index is 817. The molecule has 3 rings (SSSR count). The van der Waals surface area contributed by atoms with Gasteiger partial charge in [0, 0.05) is 24.7 Å². The molecule has 25 heavy (non-hydrogen) atoms. The molecule has 0 fully saturated rings. The number of carbonyl (C=O) groups excluding carboxylic acids is 2. The third-order valence-electron chi connectivity index (χ3n) is 4.37. The van der Waals surface area contributed by atoms with Crippen molar-refractivity contribution in [1.82, 2.24) is 5.32 Å². The number of benzene rings is 2. The van der Waals surface area contributed by atoms with Crippen molar-refractivity contribution >= 4 is 17.5 Å². The molecule has 1 aliphatic rings. The highest BCUT2D eigenvalue weighted by atomic mass is 19.1. The van der Waals surface area contributed by atoms with Crippen molar-refractivity contribution < 1.29 is 14.0 Å². The lowest BCUT2D eigenvalue weighted by molar-refractivity contribution is -0.121. The molecule has 0 aromatic heterocycles. The maximum Gasteiger partial charge on any atom is 0.254 e. The molecular weight excluding hydrogens is 319 g/mol. The zero-order valence-corrected chi connectivity index (χ0v) is 14.4. The summed E-state index contributed by atoms with van der Waals surface area (Å²) in [6.45, 7) is 4.80.